The van der Waals surface area contributed by atoms with Crippen LogP contribution in [0.4, 0.5) is 0 Å². The Hall–Kier alpha value is -2.22. The van der Waals surface area contributed by atoms with Gasteiger partial charge < -0.3 is 15.0 Å². The second kappa shape index (κ2) is 7.57. The van der Waals surface area contributed by atoms with E-state index in [-0.39, 0.29) is 24.3 Å². The first-order valence-electron chi connectivity index (χ1n) is 7.74. The molecular formula is C16H21N3O4S. The zero-order valence-corrected chi connectivity index (χ0v) is 14.8. The number of fused-ring (bicyclic) bond motifs is 1. The van der Waals surface area contributed by atoms with E-state index in [1.54, 1.807) is 7.05 Å². The number of aryl methyl sites for hydroxylation is 3. The van der Waals surface area contributed by atoms with Gasteiger partial charge in [-0.05, 0) is 25.8 Å². The normalized spacial score (nSPS) is 11.0. The number of nitrogens with one attached hydrogen (secondary N) is 1. The Bertz CT molecular complexity index is 825. The minimum absolute atomic E-state index is 0.0419. The number of thiophene rings is 1. The maximum absolute atomic E-state index is 12.2. The van der Waals surface area contributed by atoms with E-state index in [0.717, 1.165) is 10.4 Å². The molecule has 0 unspecified atom stereocenters. The lowest BCUT2D eigenvalue weighted by molar-refractivity contribution is -0.138. The third-order valence-electron chi connectivity index (χ3n) is 3.97. The fourth-order valence-corrected chi connectivity index (χ4v) is 3.47. The topological polar surface area (TPSA) is 103 Å². The second-order valence-electron chi connectivity index (χ2n) is 5.79. The van der Waals surface area contributed by atoms with Crippen LogP contribution in [0.5, 0.6) is 0 Å². The maximum atomic E-state index is 12.2. The predicted octanol–water partition coefficient (Wildman–Crippen LogP) is 1.86. The minimum Gasteiger partial charge on any atom is -0.481 e. The summed E-state index contributed by atoms with van der Waals surface area (Å²) in [6.07, 6.45) is 1.04. The molecule has 0 saturated heterocycles. The molecule has 0 aliphatic rings. The Kier molecular flexibility index (Phi) is 5.71. The highest BCUT2D eigenvalue weighted by atomic mass is 32.1. The average molecular weight is 351 g/mol. The van der Waals surface area contributed by atoms with Gasteiger partial charge in [0.05, 0.1) is 5.39 Å². The van der Waals surface area contributed by atoms with Crippen molar-refractivity contribution in [3.8, 4) is 0 Å². The number of carbonyl (C=O) groups excluding carboxylic acids is 1. The molecule has 0 radical (unpaired) electrons. The zero-order chi connectivity index (χ0) is 17.9. The summed E-state index contributed by atoms with van der Waals surface area (Å²) in [7, 11) is 1.65. The Balaban J connectivity index is 1.99. The number of nitrogens with zero attached hydrogens (tertiary/aromatic N) is 2. The molecule has 0 atom stereocenters. The van der Waals surface area contributed by atoms with Gasteiger partial charge in [-0.3, -0.25) is 14.4 Å². The highest BCUT2D eigenvalue weighted by molar-refractivity contribution is 7.18. The third kappa shape index (κ3) is 4.19. The van der Waals surface area contributed by atoms with Gasteiger partial charge in [-0.2, -0.15) is 0 Å². The Morgan fingerprint density at radius 2 is 2.00 bits per heavy atom. The van der Waals surface area contributed by atoms with Crippen LogP contribution in [0.1, 0.15) is 35.5 Å². The molecule has 0 fully saturated rings. The van der Waals surface area contributed by atoms with Crippen molar-refractivity contribution in [3.05, 3.63) is 26.6 Å². The van der Waals surface area contributed by atoms with Gasteiger partial charge in [0.2, 0.25) is 5.91 Å². The van der Waals surface area contributed by atoms with Gasteiger partial charge in [0.25, 0.3) is 5.56 Å². The molecule has 2 heterocycles. The van der Waals surface area contributed by atoms with E-state index in [1.807, 2.05) is 13.8 Å². The standard InChI is InChI=1S/C16H21N3O4S/c1-9-10(2)24-16-14(9)15(23)17-11(18-16)6-7-12(20)19(3)8-4-5-13(21)22/h4-8H2,1-3H3,(H,21,22)(H,17,18,23). The summed E-state index contributed by atoms with van der Waals surface area (Å²) in [6, 6.07) is 0. The molecule has 2 aromatic rings. The van der Waals surface area contributed by atoms with Crippen LogP contribution in [0, 0.1) is 13.8 Å². The molecule has 8 heteroatoms. The molecule has 0 bridgehead atoms. The number of H-pyrrole nitrogens is 1. The number of aromatic amines is 1. The molecule has 130 valence electrons. The van der Waals surface area contributed by atoms with Gasteiger partial charge in [0, 0.05) is 37.7 Å². The molecule has 0 aliphatic heterocycles. The molecular weight excluding hydrogens is 330 g/mol. The number of carboxylic acid groups (broad SMARTS) is 1. The quantitative estimate of drug-likeness (QED) is 0.792. The SMILES string of the molecule is Cc1sc2nc(CCC(=O)N(C)CCCC(=O)O)[nH]c(=O)c2c1C. The van der Waals surface area contributed by atoms with Crippen molar-refractivity contribution in [2.45, 2.75) is 39.5 Å². The molecule has 2 aromatic heterocycles. The lowest BCUT2D eigenvalue weighted by Gasteiger charge is -2.16. The van der Waals surface area contributed by atoms with Crippen LogP contribution in [0.2, 0.25) is 0 Å². The first kappa shape index (κ1) is 18.1. The number of rotatable bonds is 7. The van der Waals surface area contributed by atoms with Gasteiger partial charge in [-0.1, -0.05) is 0 Å². The van der Waals surface area contributed by atoms with E-state index in [2.05, 4.69) is 9.97 Å². The highest BCUT2D eigenvalue weighted by Crippen LogP contribution is 2.25. The molecule has 0 aliphatic carbocycles. The van der Waals surface area contributed by atoms with E-state index in [0.29, 0.717) is 35.4 Å². The van der Waals surface area contributed by atoms with E-state index in [4.69, 9.17) is 5.11 Å². The van der Waals surface area contributed by atoms with Gasteiger partial charge in [0.15, 0.2) is 0 Å². The molecule has 2 N–H and O–H groups in total. The lowest BCUT2D eigenvalue weighted by Crippen LogP contribution is -2.28. The molecule has 0 aromatic carbocycles. The number of amides is 1. The van der Waals surface area contributed by atoms with Crippen molar-refractivity contribution < 1.29 is 14.7 Å². The van der Waals surface area contributed by atoms with Crippen LogP contribution in [0.15, 0.2) is 4.79 Å². The Morgan fingerprint density at radius 1 is 1.29 bits per heavy atom. The van der Waals surface area contributed by atoms with Crippen molar-refractivity contribution >= 4 is 33.4 Å². The van der Waals surface area contributed by atoms with Crippen molar-refractivity contribution in [1.29, 1.82) is 0 Å². The number of carbonyl (C=O) groups is 2. The molecule has 0 spiro atoms. The van der Waals surface area contributed by atoms with Gasteiger partial charge >= 0.3 is 5.97 Å². The van der Waals surface area contributed by atoms with Crippen LogP contribution < -0.4 is 5.56 Å². The molecule has 7 nitrogen and oxygen atoms in total. The first-order valence-corrected chi connectivity index (χ1v) is 8.56. The lowest BCUT2D eigenvalue weighted by atomic mass is 10.2. The first-order chi connectivity index (χ1) is 11.3. The summed E-state index contributed by atoms with van der Waals surface area (Å²) in [5, 5.41) is 9.23. The molecule has 0 saturated carbocycles. The van der Waals surface area contributed by atoms with Crippen LogP contribution in [0.25, 0.3) is 10.2 Å². The van der Waals surface area contributed by atoms with Crippen molar-refractivity contribution in [1.82, 2.24) is 14.9 Å². The van der Waals surface area contributed by atoms with Crippen molar-refractivity contribution in [2.75, 3.05) is 13.6 Å². The molecule has 24 heavy (non-hydrogen) atoms. The summed E-state index contributed by atoms with van der Waals surface area (Å²) in [5.41, 5.74) is 0.781. The number of carboxylic acids is 1. The van der Waals surface area contributed by atoms with E-state index < -0.39 is 5.97 Å². The van der Waals surface area contributed by atoms with Crippen LogP contribution in [0.3, 0.4) is 0 Å². The number of hydrogen-bond donors (Lipinski definition) is 2. The molecule has 2 rings (SSSR count). The fraction of sp³-hybridized carbons (Fsp3) is 0.500. The largest absolute Gasteiger partial charge is 0.481 e. The summed E-state index contributed by atoms with van der Waals surface area (Å²) in [4.78, 5) is 45.2. The smallest absolute Gasteiger partial charge is 0.303 e. The fourth-order valence-electron chi connectivity index (χ4n) is 2.43. The third-order valence-corrected chi connectivity index (χ3v) is 5.07. The highest BCUT2D eigenvalue weighted by Gasteiger charge is 2.14. The molecule has 1 amide bonds. The summed E-state index contributed by atoms with van der Waals surface area (Å²) in [6.45, 7) is 4.26. The van der Waals surface area contributed by atoms with Crippen LogP contribution in [-0.2, 0) is 16.0 Å². The zero-order valence-electron chi connectivity index (χ0n) is 14.0. The van der Waals surface area contributed by atoms with Crippen LogP contribution in [-0.4, -0.2) is 45.4 Å². The van der Waals surface area contributed by atoms with E-state index in [1.165, 1.54) is 16.2 Å². The number of hydrogen-bond acceptors (Lipinski definition) is 5. The Morgan fingerprint density at radius 3 is 2.67 bits per heavy atom. The summed E-state index contributed by atoms with van der Waals surface area (Å²) in [5.74, 6) is -0.463. The van der Waals surface area contributed by atoms with Crippen molar-refractivity contribution in [3.63, 3.8) is 0 Å². The maximum Gasteiger partial charge on any atom is 0.303 e. The van der Waals surface area contributed by atoms with Crippen LogP contribution >= 0.6 is 11.3 Å². The Labute approximate surface area is 143 Å². The van der Waals surface area contributed by atoms with Crippen molar-refractivity contribution in [2.24, 2.45) is 0 Å². The van der Waals surface area contributed by atoms with Gasteiger partial charge in [0.1, 0.15) is 10.7 Å². The number of aromatic nitrogens is 2. The number of aliphatic carboxylic acids is 1. The second-order valence-corrected chi connectivity index (χ2v) is 6.99. The average Bonchev–Trinajstić information content (AvgIpc) is 2.79. The summed E-state index contributed by atoms with van der Waals surface area (Å²) >= 11 is 1.48. The monoisotopic (exact) mass is 351 g/mol. The minimum atomic E-state index is -0.868. The van der Waals surface area contributed by atoms with E-state index in [9.17, 15) is 14.4 Å². The van der Waals surface area contributed by atoms with Gasteiger partial charge in [-0.15, -0.1) is 11.3 Å². The predicted molar refractivity (Wildman–Crippen MR) is 92.5 cm³/mol. The van der Waals surface area contributed by atoms with E-state index >= 15 is 0 Å². The van der Waals surface area contributed by atoms with Gasteiger partial charge in [-0.25, -0.2) is 4.98 Å². The summed E-state index contributed by atoms with van der Waals surface area (Å²) < 4.78 is 0.